The van der Waals surface area contributed by atoms with Crippen LogP contribution in [0.5, 0.6) is 5.75 Å². The molecular weight excluding hydrogens is 446 g/mol. The quantitative estimate of drug-likeness (QED) is 0.695. The topological polar surface area (TPSA) is 88.2 Å². The molecule has 0 saturated heterocycles. The molecule has 35 heavy (non-hydrogen) atoms. The molecule has 8 nitrogen and oxygen atoms in total. The molecule has 1 heterocycles. The molecular formula is C27H41N3O5. The lowest BCUT2D eigenvalue weighted by Gasteiger charge is -2.36. The van der Waals surface area contributed by atoms with Crippen LogP contribution in [-0.2, 0) is 14.3 Å². The molecule has 0 bridgehead atoms. The molecule has 1 aromatic carbocycles. The number of hydrogen-bond donors (Lipinski definition) is 1. The Balaban J connectivity index is 1.89. The van der Waals surface area contributed by atoms with Crippen LogP contribution in [0.15, 0.2) is 18.2 Å². The van der Waals surface area contributed by atoms with E-state index in [1.54, 1.807) is 37.3 Å². The molecule has 0 radical (unpaired) electrons. The highest BCUT2D eigenvalue weighted by Gasteiger charge is 2.30. The minimum absolute atomic E-state index is 0.0197. The van der Waals surface area contributed by atoms with Gasteiger partial charge >= 0.3 is 0 Å². The van der Waals surface area contributed by atoms with Gasteiger partial charge in [0.25, 0.3) is 5.91 Å². The van der Waals surface area contributed by atoms with Gasteiger partial charge in [0, 0.05) is 57.3 Å². The van der Waals surface area contributed by atoms with Gasteiger partial charge in [-0.05, 0) is 31.9 Å². The summed E-state index contributed by atoms with van der Waals surface area (Å²) >= 11 is 0. The molecule has 1 fully saturated rings. The van der Waals surface area contributed by atoms with E-state index in [0.717, 1.165) is 25.7 Å². The maximum atomic E-state index is 13.3. The van der Waals surface area contributed by atoms with Crippen LogP contribution >= 0.6 is 0 Å². The third-order valence-corrected chi connectivity index (χ3v) is 7.31. The second-order valence-corrected chi connectivity index (χ2v) is 10.0. The van der Waals surface area contributed by atoms with E-state index >= 15 is 0 Å². The van der Waals surface area contributed by atoms with Gasteiger partial charge in [-0.3, -0.25) is 14.4 Å². The molecule has 2 aliphatic rings. The Bertz CT molecular complexity index is 899. The van der Waals surface area contributed by atoms with Gasteiger partial charge in [-0.2, -0.15) is 0 Å². The van der Waals surface area contributed by atoms with E-state index in [9.17, 15) is 14.4 Å². The van der Waals surface area contributed by atoms with Crippen LogP contribution in [0.2, 0.25) is 0 Å². The highest BCUT2D eigenvalue weighted by Crippen LogP contribution is 2.29. The van der Waals surface area contributed by atoms with E-state index in [2.05, 4.69) is 5.32 Å². The largest absolute Gasteiger partial charge is 0.491 e. The first-order valence-corrected chi connectivity index (χ1v) is 12.9. The first-order chi connectivity index (χ1) is 16.7. The zero-order chi connectivity index (χ0) is 25.5. The molecule has 0 spiro atoms. The Morgan fingerprint density at radius 2 is 1.86 bits per heavy atom. The first kappa shape index (κ1) is 27.0. The summed E-state index contributed by atoms with van der Waals surface area (Å²) in [5, 5.41) is 3.02. The predicted octanol–water partition coefficient (Wildman–Crippen LogP) is 3.95. The van der Waals surface area contributed by atoms with Crippen molar-refractivity contribution in [2.24, 2.45) is 11.8 Å². The monoisotopic (exact) mass is 487 g/mol. The minimum Gasteiger partial charge on any atom is -0.491 e. The molecule has 1 N–H and O–H groups in total. The average molecular weight is 488 g/mol. The molecule has 194 valence electrons. The fraction of sp³-hybridized carbons (Fsp3) is 0.667. The lowest BCUT2D eigenvalue weighted by Crippen LogP contribution is -2.48. The number of benzene rings is 1. The van der Waals surface area contributed by atoms with Crippen LogP contribution < -0.4 is 10.1 Å². The molecule has 1 aliphatic carbocycles. The summed E-state index contributed by atoms with van der Waals surface area (Å²) in [7, 11) is 3.38. The molecule has 8 heteroatoms. The van der Waals surface area contributed by atoms with Crippen LogP contribution in [0, 0.1) is 11.8 Å². The van der Waals surface area contributed by atoms with E-state index in [4.69, 9.17) is 9.47 Å². The summed E-state index contributed by atoms with van der Waals surface area (Å²) in [6, 6.07) is 5.00. The Morgan fingerprint density at radius 3 is 2.51 bits per heavy atom. The van der Waals surface area contributed by atoms with E-state index in [-0.39, 0.29) is 48.3 Å². The van der Waals surface area contributed by atoms with Gasteiger partial charge < -0.3 is 24.6 Å². The first-order valence-electron chi connectivity index (χ1n) is 12.9. The number of nitrogens with one attached hydrogen (secondary N) is 1. The highest BCUT2D eigenvalue weighted by molar-refractivity contribution is 5.98. The molecule has 1 saturated carbocycles. The van der Waals surface area contributed by atoms with Gasteiger partial charge in [-0.15, -0.1) is 0 Å². The number of anilines is 1. The van der Waals surface area contributed by atoms with Crippen LogP contribution in [0.3, 0.4) is 0 Å². The van der Waals surface area contributed by atoms with Crippen molar-refractivity contribution in [3.63, 3.8) is 0 Å². The number of nitrogens with zero attached hydrogens (tertiary/aromatic N) is 2. The molecule has 0 aromatic heterocycles. The summed E-state index contributed by atoms with van der Waals surface area (Å²) in [6.45, 7) is 6.99. The number of hydrogen-bond acceptors (Lipinski definition) is 5. The van der Waals surface area contributed by atoms with Crippen molar-refractivity contribution in [3.8, 4) is 5.75 Å². The van der Waals surface area contributed by atoms with Gasteiger partial charge in [-0.1, -0.05) is 33.1 Å². The lowest BCUT2D eigenvalue weighted by atomic mass is 9.88. The van der Waals surface area contributed by atoms with Crippen LogP contribution in [0.1, 0.15) is 69.7 Å². The van der Waals surface area contributed by atoms with Gasteiger partial charge in [0.05, 0.1) is 17.7 Å². The van der Waals surface area contributed by atoms with Crippen molar-refractivity contribution < 1.29 is 23.9 Å². The second kappa shape index (κ2) is 12.4. The number of carbonyl (C=O) groups excluding carboxylic acids is 3. The van der Waals surface area contributed by atoms with Crippen molar-refractivity contribution >= 4 is 23.4 Å². The van der Waals surface area contributed by atoms with Gasteiger partial charge in [0.2, 0.25) is 11.8 Å². The number of ether oxygens (including phenoxy) is 2. The van der Waals surface area contributed by atoms with E-state index in [0.29, 0.717) is 36.5 Å². The molecule has 1 aromatic rings. The molecule has 3 rings (SSSR count). The summed E-state index contributed by atoms with van der Waals surface area (Å²) in [5.74, 6) is 0.365. The van der Waals surface area contributed by atoms with Crippen molar-refractivity contribution in [1.29, 1.82) is 0 Å². The Labute approximate surface area is 209 Å². The number of likely N-dealkylation sites (N-methyl/N-ethyl adjacent to an activating group) is 1. The van der Waals surface area contributed by atoms with E-state index in [1.807, 2.05) is 25.7 Å². The normalized spacial score (nSPS) is 24.6. The summed E-state index contributed by atoms with van der Waals surface area (Å²) < 4.78 is 11.9. The Morgan fingerprint density at radius 1 is 1.14 bits per heavy atom. The lowest BCUT2D eigenvalue weighted by molar-refractivity contribution is -0.135. The minimum atomic E-state index is -0.221. The number of methoxy groups -OCH3 is 1. The summed E-state index contributed by atoms with van der Waals surface area (Å²) in [5.41, 5.74) is 1.03. The third-order valence-electron chi connectivity index (χ3n) is 7.31. The van der Waals surface area contributed by atoms with Crippen molar-refractivity contribution in [2.75, 3.05) is 39.2 Å². The van der Waals surface area contributed by atoms with Gasteiger partial charge in [0.15, 0.2) is 0 Å². The van der Waals surface area contributed by atoms with Crippen LogP contribution in [0.4, 0.5) is 5.69 Å². The SMILES string of the molecule is CCC(=O)N1C[C@@H](C)[C@H](OC)CN(C)C(=O)c2ccc(NC(=O)C3CCCCC3)cc2OC[C@@H]1C. The standard InChI is InChI=1S/C27H41N3O5/c1-6-25(31)30-15-18(2)24(34-5)16-29(4)27(33)22-13-12-21(14-23(22)35-17-19(30)3)28-26(32)20-10-8-7-9-11-20/h12-14,18-20,24H,6-11,15-17H2,1-5H3,(H,28,32)/t18-,19+,24-/m1/s1. The zero-order valence-corrected chi connectivity index (χ0v) is 21.8. The average Bonchev–Trinajstić information content (AvgIpc) is 2.87. The smallest absolute Gasteiger partial charge is 0.257 e. The molecule has 0 unspecified atom stereocenters. The zero-order valence-electron chi connectivity index (χ0n) is 21.8. The number of carbonyl (C=O) groups is 3. The van der Waals surface area contributed by atoms with Gasteiger partial charge in [0.1, 0.15) is 12.4 Å². The van der Waals surface area contributed by atoms with Crippen molar-refractivity contribution in [3.05, 3.63) is 23.8 Å². The summed E-state index contributed by atoms with van der Waals surface area (Å²) in [4.78, 5) is 42.3. The van der Waals surface area contributed by atoms with Crippen molar-refractivity contribution in [2.45, 2.75) is 71.4 Å². The van der Waals surface area contributed by atoms with Crippen LogP contribution in [-0.4, -0.2) is 73.5 Å². The van der Waals surface area contributed by atoms with Gasteiger partial charge in [-0.25, -0.2) is 0 Å². The fourth-order valence-corrected chi connectivity index (χ4v) is 5.01. The van der Waals surface area contributed by atoms with Crippen molar-refractivity contribution in [1.82, 2.24) is 9.80 Å². The number of fused-ring (bicyclic) bond motifs is 1. The predicted molar refractivity (Wildman–Crippen MR) is 136 cm³/mol. The van der Waals surface area contributed by atoms with Crippen LogP contribution in [0.25, 0.3) is 0 Å². The summed E-state index contributed by atoms with van der Waals surface area (Å²) in [6.07, 6.45) is 5.35. The molecule has 1 aliphatic heterocycles. The number of amides is 3. The highest BCUT2D eigenvalue weighted by atomic mass is 16.5. The molecule has 3 atom stereocenters. The maximum Gasteiger partial charge on any atom is 0.257 e. The maximum absolute atomic E-state index is 13.3. The van der Waals surface area contributed by atoms with E-state index in [1.165, 1.54) is 6.42 Å². The molecule has 3 amide bonds. The number of rotatable bonds is 4. The Kier molecular flexibility index (Phi) is 9.55. The second-order valence-electron chi connectivity index (χ2n) is 10.0. The fourth-order valence-electron chi connectivity index (χ4n) is 5.01. The third kappa shape index (κ3) is 6.75. The van der Waals surface area contributed by atoms with E-state index < -0.39 is 0 Å². The Hall–Kier alpha value is -2.61.